The van der Waals surface area contributed by atoms with Crippen molar-refractivity contribution >= 4 is 10.8 Å². The normalized spacial score (nSPS) is 11.5. The van der Waals surface area contributed by atoms with E-state index in [4.69, 9.17) is 0 Å². The number of aromatic hydroxyl groups is 1. The van der Waals surface area contributed by atoms with Crippen LogP contribution in [0.25, 0.3) is 21.9 Å². The number of phenols is 1. The molecule has 0 aliphatic carbocycles. The number of aryl methyl sites for hydroxylation is 3. The Labute approximate surface area is 151 Å². The Balaban J connectivity index is 2.64. The van der Waals surface area contributed by atoms with E-state index in [-0.39, 0.29) is 0 Å². The third-order valence-corrected chi connectivity index (χ3v) is 5.81. The van der Waals surface area contributed by atoms with E-state index in [1.54, 1.807) is 0 Å². The van der Waals surface area contributed by atoms with Gasteiger partial charge in [0.15, 0.2) is 0 Å². The van der Waals surface area contributed by atoms with Crippen molar-refractivity contribution in [1.82, 2.24) is 0 Å². The largest absolute Gasteiger partial charge is 0.507 e. The summed E-state index contributed by atoms with van der Waals surface area (Å²) in [6.45, 7) is 15.2. The van der Waals surface area contributed by atoms with E-state index >= 15 is 0 Å². The highest BCUT2D eigenvalue weighted by atomic mass is 16.3. The highest BCUT2D eigenvalue weighted by Crippen LogP contribution is 2.45. The fraction of sp³-hybridized carbons (Fsp3) is 0.333. The molecule has 0 spiro atoms. The molecule has 0 radical (unpaired) electrons. The van der Waals surface area contributed by atoms with Crippen molar-refractivity contribution in [3.05, 3.63) is 63.7 Å². The second-order valence-electron chi connectivity index (χ2n) is 7.58. The molecule has 0 unspecified atom stereocenters. The first-order valence-corrected chi connectivity index (χ1v) is 9.07. The summed E-state index contributed by atoms with van der Waals surface area (Å²) in [5, 5.41) is 13.1. The summed E-state index contributed by atoms with van der Waals surface area (Å²) in [5.41, 5.74) is 10.1. The number of rotatable bonds is 2. The van der Waals surface area contributed by atoms with Gasteiger partial charge in [0.2, 0.25) is 0 Å². The highest BCUT2D eigenvalue weighted by Gasteiger charge is 2.21. The lowest BCUT2D eigenvalue weighted by atomic mass is 9.81. The molecule has 0 aliphatic heterocycles. The zero-order chi connectivity index (χ0) is 18.5. The van der Waals surface area contributed by atoms with Gasteiger partial charge in [-0.1, -0.05) is 38.1 Å². The summed E-state index contributed by atoms with van der Waals surface area (Å²) in [7, 11) is 0. The van der Waals surface area contributed by atoms with Crippen molar-refractivity contribution in [1.29, 1.82) is 0 Å². The lowest BCUT2D eigenvalue weighted by molar-refractivity contribution is 0.480. The standard InChI is InChI=1S/C24H28O/c1-13(2)20-12-21(25)22-17(6)15(4)16(5)18(7)23(22)24(20)19-11-9-8-10-14(19)3/h8-13,25H,1-7H3. The minimum Gasteiger partial charge on any atom is -0.507 e. The molecule has 3 aromatic carbocycles. The third-order valence-electron chi connectivity index (χ3n) is 5.81. The van der Waals surface area contributed by atoms with E-state index in [1.807, 2.05) is 6.07 Å². The molecule has 0 fully saturated rings. The van der Waals surface area contributed by atoms with Crippen LogP contribution in [0.1, 0.15) is 53.1 Å². The number of phenolic OH excluding ortho intramolecular Hbond substituents is 1. The van der Waals surface area contributed by atoms with Crippen molar-refractivity contribution in [2.75, 3.05) is 0 Å². The van der Waals surface area contributed by atoms with Gasteiger partial charge in [-0.05, 0) is 96.5 Å². The molecule has 0 amide bonds. The SMILES string of the molecule is Cc1ccccc1-c1c(C(C)C)cc(O)c2c(C)c(C)c(C)c(C)c12. The maximum Gasteiger partial charge on any atom is 0.124 e. The summed E-state index contributed by atoms with van der Waals surface area (Å²) in [6.07, 6.45) is 0. The van der Waals surface area contributed by atoms with Crippen LogP contribution in [-0.4, -0.2) is 5.11 Å². The van der Waals surface area contributed by atoms with Crippen molar-refractivity contribution in [2.24, 2.45) is 0 Å². The lowest BCUT2D eigenvalue weighted by Crippen LogP contribution is -2.01. The Morgan fingerprint density at radius 2 is 1.32 bits per heavy atom. The van der Waals surface area contributed by atoms with Crippen molar-refractivity contribution < 1.29 is 5.11 Å². The molecule has 0 aromatic heterocycles. The first-order valence-electron chi connectivity index (χ1n) is 9.07. The van der Waals surface area contributed by atoms with Gasteiger partial charge in [-0.25, -0.2) is 0 Å². The highest BCUT2D eigenvalue weighted by molar-refractivity contribution is 6.06. The van der Waals surface area contributed by atoms with Crippen LogP contribution >= 0.6 is 0 Å². The monoisotopic (exact) mass is 332 g/mol. The van der Waals surface area contributed by atoms with E-state index < -0.39 is 0 Å². The summed E-state index contributed by atoms with van der Waals surface area (Å²) in [4.78, 5) is 0. The first-order chi connectivity index (χ1) is 11.8. The van der Waals surface area contributed by atoms with E-state index in [0.717, 1.165) is 5.39 Å². The van der Waals surface area contributed by atoms with Crippen LogP contribution in [0.3, 0.4) is 0 Å². The summed E-state index contributed by atoms with van der Waals surface area (Å²) in [5.74, 6) is 0.742. The first kappa shape index (κ1) is 17.5. The van der Waals surface area contributed by atoms with Crippen LogP contribution in [0.2, 0.25) is 0 Å². The lowest BCUT2D eigenvalue weighted by Gasteiger charge is -2.23. The van der Waals surface area contributed by atoms with Gasteiger partial charge in [0.25, 0.3) is 0 Å². The van der Waals surface area contributed by atoms with Gasteiger partial charge in [-0.15, -0.1) is 0 Å². The third kappa shape index (κ3) is 2.63. The molecule has 0 bridgehead atoms. The van der Waals surface area contributed by atoms with Gasteiger partial charge >= 0.3 is 0 Å². The smallest absolute Gasteiger partial charge is 0.124 e. The van der Waals surface area contributed by atoms with E-state index in [0.29, 0.717) is 11.7 Å². The number of benzene rings is 3. The molecule has 3 rings (SSSR count). The summed E-state index contributed by atoms with van der Waals surface area (Å²) < 4.78 is 0. The van der Waals surface area contributed by atoms with Gasteiger partial charge in [-0.3, -0.25) is 0 Å². The van der Waals surface area contributed by atoms with Gasteiger partial charge in [0.05, 0.1) is 0 Å². The van der Waals surface area contributed by atoms with E-state index in [2.05, 4.69) is 72.7 Å². The van der Waals surface area contributed by atoms with Crippen molar-refractivity contribution in [3.63, 3.8) is 0 Å². The van der Waals surface area contributed by atoms with Crippen LogP contribution in [0.5, 0.6) is 5.75 Å². The van der Waals surface area contributed by atoms with Crippen LogP contribution in [0.4, 0.5) is 0 Å². The van der Waals surface area contributed by atoms with Crippen LogP contribution in [0, 0.1) is 34.6 Å². The van der Waals surface area contributed by atoms with Crippen LogP contribution in [-0.2, 0) is 0 Å². The van der Waals surface area contributed by atoms with Crippen LogP contribution < -0.4 is 0 Å². The molecule has 130 valence electrons. The Hall–Kier alpha value is -2.28. The van der Waals surface area contributed by atoms with E-state index in [1.165, 1.54) is 49.9 Å². The van der Waals surface area contributed by atoms with Gasteiger partial charge in [0.1, 0.15) is 5.75 Å². The summed E-state index contributed by atoms with van der Waals surface area (Å²) in [6, 6.07) is 10.5. The van der Waals surface area contributed by atoms with Gasteiger partial charge in [-0.2, -0.15) is 0 Å². The average Bonchev–Trinajstić information content (AvgIpc) is 2.57. The number of fused-ring (bicyclic) bond motifs is 1. The van der Waals surface area contributed by atoms with Crippen LogP contribution in [0.15, 0.2) is 30.3 Å². The molecule has 0 saturated carbocycles. The quantitative estimate of drug-likeness (QED) is 0.542. The molecule has 0 aliphatic rings. The molecular formula is C24H28O. The minimum absolute atomic E-state index is 0.339. The fourth-order valence-corrected chi connectivity index (χ4v) is 3.98. The minimum atomic E-state index is 0.339. The Morgan fingerprint density at radius 3 is 1.88 bits per heavy atom. The Kier molecular flexibility index (Phi) is 4.36. The second-order valence-corrected chi connectivity index (χ2v) is 7.58. The predicted octanol–water partition coefficient (Wildman–Crippen LogP) is 6.88. The zero-order valence-electron chi connectivity index (χ0n) is 16.4. The molecule has 1 heteroatoms. The zero-order valence-corrected chi connectivity index (χ0v) is 16.4. The second kappa shape index (κ2) is 6.22. The molecular weight excluding hydrogens is 304 g/mol. The maximum absolute atomic E-state index is 10.9. The molecule has 1 N–H and O–H groups in total. The predicted molar refractivity (Wildman–Crippen MR) is 109 cm³/mol. The van der Waals surface area contributed by atoms with Gasteiger partial charge < -0.3 is 5.11 Å². The molecule has 0 atom stereocenters. The fourth-order valence-electron chi connectivity index (χ4n) is 3.98. The number of hydrogen-bond donors (Lipinski definition) is 1. The van der Waals surface area contributed by atoms with Gasteiger partial charge in [0, 0.05) is 5.39 Å². The molecule has 3 aromatic rings. The Bertz CT molecular complexity index is 978. The topological polar surface area (TPSA) is 20.2 Å². The summed E-state index contributed by atoms with van der Waals surface area (Å²) >= 11 is 0. The van der Waals surface area contributed by atoms with Crippen molar-refractivity contribution in [3.8, 4) is 16.9 Å². The average molecular weight is 332 g/mol. The van der Waals surface area contributed by atoms with E-state index in [9.17, 15) is 5.11 Å². The number of hydrogen-bond acceptors (Lipinski definition) is 1. The maximum atomic E-state index is 10.9. The molecule has 0 saturated heterocycles. The van der Waals surface area contributed by atoms with Crippen molar-refractivity contribution in [2.45, 2.75) is 54.4 Å². The Morgan fingerprint density at radius 1 is 0.760 bits per heavy atom. The molecule has 0 heterocycles. The molecule has 25 heavy (non-hydrogen) atoms. The molecule has 1 nitrogen and oxygen atoms in total.